The standard InChI is InChI=1S/C14H22BrN3O/c1-4-10-9-13(18(3)16-10)14(19)17(2)12-8-6-5-7-11(12)15/h9,11-12H,4-8H2,1-3H3. The van der Waals surface area contributed by atoms with Crippen molar-refractivity contribution in [1.29, 1.82) is 0 Å². The van der Waals surface area contributed by atoms with Crippen molar-refractivity contribution in [3.8, 4) is 0 Å². The van der Waals surface area contributed by atoms with Crippen molar-refractivity contribution in [2.24, 2.45) is 7.05 Å². The number of rotatable bonds is 3. The minimum atomic E-state index is 0.0750. The summed E-state index contributed by atoms with van der Waals surface area (Å²) in [6.45, 7) is 2.05. The van der Waals surface area contributed by atoms with E-state index in [1.54, 1.807) is 4.68 Å². The third-order valence-corrected chi connectivity index (χ3v) is 5.04. The molecule has 5 heteroatoms. The molecule has 4 nitrogen and oxygen atoms in total. The molecule has 1 aromatic heterocycles. The second-order valence-corrected chi connectivity index (χ2v) is 6.46. The topological polar surface area (TPSA) is 38.1 Å². The van der Waals surface area contributed by atoms with Crippen LogP contribution in [-0.2, 0) is 13.5 Å². The molecule has 19 heavy (non-hydrogen) atoms. The van der Waals surface area contributed by atoms with Gasteiger partial charge in [-0.25, -0.2) is 0 Å². The third kappa shape index (κ3) is 3.02. The number of carbonyl (C=O) groups excluding carboxylic acids is 1. The first-order valence-corrected chi connectivity index (χ1v) is 7.90. The molecular weight excluding hydrogens is 306 g/mol. The fraction of sp³-hybridized carbons (Fsp3) is 0.714. The number of carbonyl (C=O) groups is 1. The monoisotopic (exact) mass is 327 g/mol. The SMILES string of the molecule is CCc1cc(C(=O)N(C)C2CCCCC2Br)n(C)n1. The summed E-state index contributed by atoms with van der Waals surface area (Å²) in [5.41, 5.74) is 1.66. The number of amides is 1. The first kappa shape index (κ1) is 14.6. The van der Waals surface area contributed by atoms with Crippen molar-refractivity contribution in [2.75, 3.05) is 7.05 Å². The van der Waals surface area contributed by atoms with Crippen LogP contribution < -0.4 is 0 Å². The summed E-state index contributed by atoms with van der Waals surface area (Å²) < 4.78 is 1.70. The summed E-state index contributed by atoms with van der Waals surface area (Å²) in [5, 5.41) is 4.35. The van der Waals surface area contributed by atoms with Gasteiger partial charge in [-0.15, -0.1) is 0 Å². The Morgan fingerprint density at radius 1 is 1.53 bits per heavy atom. The lowest BCUT2D eigenvalue weighted by molar-refractivity contribution is 0.0693. The van der Waals surface area contributed by atoms with E-state index in [9.17, 15) is 4.79 Å². The maximum Gasteiger partial charge on any atom is 0.272 e. The van der Waals surface area contributed by atoms with Crippen LogP contribution in [0.3, 0.4) is 0 Å². The fourth-order valence-electron chi connectivity index (χ4n) is 2.73. The van der Waals surface area contributed by atoms with Gasteiger partial charge >= 0.3 is 0 Å². The number of halogens is 1. The third-order valence-electron chi connectivity index (χ3n) is 3.98. The molecule has 1 saturated carbocycles. The van der Waals surface area contributed by atoms with Gasteiger partial charge in [0.05, 0.1) is 5.69 Å². The number of nitrogens with zero attached hydrogens (tertiary/aromatic N) is 3. The molecule has 0 saturated heterocycles. The van der Waals surface area contributed by atoms with Crippen LogP contribution in [0.4, 0.5) is 0 Å². The molecule has 1 aliphatic rings. The average Bonchev–Trinajstić information content (AvgIpc) is 2.79. The summed E-state index contributed by atoms with van der Waals surface area (Å²) in [4.78, 5) is 14.9. The highest BCUT2D eigenvalue weighted by atomic mass is 79.9. The average molecular weight is 328 g/mol. The predicted octanol–water partition coefficient (Wildman–Crippen LogP) is 2.76. The molecule has 2 rings (SSSR count). The van der Waals surface area contributed by atoms with Gasteiger partial charge in [-0.3, -0.25) is 9.48 Å². The van der Waals surface area contributed by atoms with Crippen LogP contribution in [0, 0.1) is 0 Å². The first-order valence-electron chi connectivity index (χ1n) is 6.98. The molecule has 1 heterocycles. The van der Waals surface area contributed by atoms with E-state index in [4.69, 9.17) is 0 Å². The molecule has 106 valence electrons. The van der Waals surface area contributed by atoms with Gasteiger partial charge in [-0.05, 0) is 25.3 Å². The molecule has 2 atom stereocenters. The van der Waals surface area contributed by atoms with E-state index >= 15 is 0 Å². The predicted molar refractivity (Wildman–Crippen MR) is 79.7 cm³/mol. The quantitative estimate of drug-likeness (QED) is 0.800. The lowest BCUT2D eigenvalue weighted by Gasteiger charge is -2.35. The van der Waals surface area contributed by atoms with E-state index in [0.717, 1.165) is 25.0 Å². The van der Waals surface area contributed by atoms with E-state index in [0.29, 0.717) is 16.6 Å². The van der Waals surface area contributed by atoms with Crippen molar-refractivity contribution >= 4 is 21.8 Å². The van der Waals surface area contributed by atoms with E-state index in [1.165, 1.54) is 12.8 Å². The molecule has 1 fully saturated rings. The first-order chi connectivity index (χ1) is 9.04. The van der Waals surface area contributed by atoms with Crippen LogP contribution in [0.5, 0.6) is 0 Å². The van der Waals surface area contributed by atoms with E-state index < -0.39 is 0 Å². The smallest absolute Gasteiger partial charge is 0.272 e. The summed E-state index contributed by atoms with van der Waals surface area (Å²) in [6.07, 6.45) is 5.54. The van der Waals surface area contributed by atoms with E-state index in [1.807, 2.05) is 25.1 Å². The number of hydrogen-bond acceptors (Lipinski definition) is 2. The maximum atomic E-state index is 12.6. The van der Waals surface area contributed by atoms with Gasteiger partial charge < -0.3 is 4.90 Å². The van der Waals surface area contributed by atoms with Crippen molar-refractivity contribution in [2.45, 2.75) is 49.9 Å². The molecule has 2 unspecified atom stereocenters. The van der Waals surface area contributed by atoms with Crippen molar-refractivity contribution in [3.63, 3.8) is 0 Å². The zero-order valence-corrected chi connectivity index (χ0v) is 13.5. The largest absolute Gasteiger partial charge is 0.336 e. The second-order valence-electron chi connectivity index (χ2n) is 5.28. The summed E-state index contributed by atoms with van der Waals surface area (Å²) >= 11 is 3.72. The Labute approximate surface area is 123 Å². The molecule has 1 amide bonds. The van der Waals surface area contributed by atoms with Gasteiger partial charge in [0.2, 0.25) is 0 Å². The van der Waals surface area contributed by atoms with E-state index in [2.05, 4.69) is 28.0 Å². The van der Waals surface area contributed by atoms with Gasteiger partial charge in [0.15, 0.2) is 0 Å². The summed E-state index contributed by atoms with van der Waals surface area (Å²) in [6, 6.07) is 2.20. The Hall–Kier alpha value is -0.840. The molecule has 0 aliphatic heterocycles. The Morgan fingerprint density at radius 3 is 2.79 bits per heavy atom. The molecule has 0 spiro atoms. The van der Waals surface area contributed by atoms with Gasteiger partial charge in [-0.1, -0.05) is 35.7 Å². The fourth-order valence-corrected chi connectivity index (χ4v) is 3.68. The maximum absolute atomic E-state index is 12.6. The Kier molecular flexibility index (Phi) is 4.66. The Bertz CT molecular complexity index is 458. The van der Waals surface area contributed by atoms with Crippen LogP contribution in [0.15, 0.2) is 6.07 Å². The zero-order chi connectivity index (χ0) is 14.0. The van der Waals surface area contributed by atoms with Crippen LogP contribution in [-0.4, -0.2) is 38.5 Å². The van der Waals surface area contributed by atoms with Gasteiger partial charge in [0.1, 0.15) is 5.69 Å². The molecule has 0 radical (unpaired) electrons. The highest BCUT2D eigenvalue weighted by molar-refractivity contribution is 9.09. The van der Waals surface area contributed by atoms with Gasteiger partial charge in [0.25, 0.3) is 5.91 Å². The highest BCUT2D eigenvalue weighted by Crippen LogP contribution is 2.28. The number of aryl methyl sites for hydroxylation is 2. The Morgan fingerprint density at radius 2 is 2.21 bits per heavy atom. The molecule has 1 aromatic rings. The van der Waals surface area contributed by atoms with Gasteiger partial charge in [-0.2, -0.15) is 5.10 Å². The lowest BCUT2D eigenvalue weighted by Crippen LogP contribution is -2.44. The van der Waals surface area contributed by atoms with Crippen LogP contribution in [0.2, 0.25) is 0 Å². The minimum absolute atomic E-state index is 0.0750. The van der Waals surface area contributed by atoms with Crippen molar-refractivity contribution in [3.05, 3.63) is 17.5 Å². The molecule has 0 bridgehead atoms. The molecule has 0 N–H and O–H groups in total. The number of alkyl halides is 1. The Balaban J connectivity index is 2.15. The lowest BCUT2D eigenvalue weighted by atomic mass is 9.94. The number of aromatic nitrogens is 2. The second kappa shape index (κ2) is 6.07. The summed E-state index contributed by atoms with van der Waals surface area (Å²) in [7, 11) is 3.75. The highest BCUT2D eigenvalue weighted by Gasteiger charge is 2.30. The van der Waals surface area contributed by atoms with Crippen LogP contribution in [0.25, 0.3) is 0 Å². The number of hydrogen-bond donors (Lipinski definition) is 0. The normalized spacial score (nSPS) is 23.4. The minimum Gasteiger partial charge on any atom is -0.336 e. The van der Waals surface area contributed by atoms with Crippen LogP contribution >= 0.6 is 15.9 Å². The van der Waals surface area contributed by atoms with Crippen LogP contribution in [0.1, 0.15) is 48.8 Å². The molecule has 1 aliphatic carbocycles. The van der Waals surface area contributed by atoms with E-state index in [-0.39, 0.29) is 5.91 Å². The van der Waals surface area contributed by atoms with Crippen molar-refractivity contribution in [1.82, 2.24) is 14.7 Å². The summed E-state index contributed by atoms with van der Waals surface area (Å²) in [5.74, 6) is 0.0750. The van der Waals surface area contributed by atoms with Crippen molar-refractivity contribution < 1.29 is 4.79 Å². The molecule has 0 aromatic carbocycles. The van der Waals surface area contributed by atoms with Gasteiger partial charge in [0, 0.05) is 25.0 Å². The molecular formula is C14H22BrN3O. The zero-order valence-electron chi connectivity index (χ0n) is 11.9.